The molecule has 0 rings (SSSR count). The second kappa shape index (κ2) is 34.2. The van der Waals surface area contributed by atoms with E-state index in [1.54, 1.807) is 12.5 Å². The summed E-state index contributed by atoms with van der Waals surface area (Å²) in [5.41, 5.74) is 0. The second-order valence-corrected chi connectivity index (χ2v) is 12.1. The summed E-state index contributed by atoms with van der Waals surface area (Å²) in [6, 6.07) is 0. The fourth-order valence-electron chi connectivity index (χ4n) is 4.91. The van der Waals surface area contributed by atoms with Gasteiger partial charge in [0.2, 0.25) is 0 Å². The molecule has 3 nitrogen and oxygen atoms in total. The molecule has 0 aromatic rings. The third-order valence-corrected chi connectivity index (χ3v) is 8.02. The smallest absolute Gasteiger partial charge is 0.231 e. The van der Waals surface area contributed by atoms with E-state index in [1.165, 1.54) is 167 Å². The molecule has 0 aliphatic carbocycles. The van der Waals surface area contributed by atoms with Crippen molar-refractivity contribution in [3.05, 3.63) is 24.7 Å². The molecule has 0 atom stereocenters. The Bertz CT molecular complexity index is 474. The average molecular weight is 554 g/mol. The van der Waals surface area contributed by atoms with Crippen LogP contribution < -0.4 is 0 Å². The van der Waals surface area contributed by atoms with E-state index < -0.39 is 8.25 Å². The van der Waals surface area contributed by atoms with E-state index in [-0.39, 0.29) is 0 Å². The highest BCUT2D eigenvalue weighted by Gasteiger charge is 2.16. The SMILES string of the molecule is CCCCCCCCCCCCCCC/C=C/O[P+](=O)O/C=C/CCCCCCCCCCCCCCC. The van der Waals surface area contributed by atoms with Crippen LogP contribution in [-0.4, -0.2) is 0 Å². The number of unbranched alkanes of at least 4 members (excludes halogenated alkanes) is 26. The monoisotopic (exact) mass is 553 g/mol. The third-order valence-electron chi connectivity index (χ3n) is 7.43. The molecule has 0 bridgehead atoms. The first-order chi connectivity index (χ1) is 18.8. The summed E-state index contributed by atoms with van der Waals surface area (Å²) in [7, 11) is -2.09. The maximum atomic E-state index is 11.7. The van der Waals surface area contributed by atoms with Crippen molar-refractivity contribution in [3.8, 4) is 0 Å². The number of rotatable bonds is 32. The van der Waals surface area contributed by atoms with E-state index in [0.717, 1.165) is 12.8 Å². The van der Waals surface area contributed by atoms with Gasteiger partial charge in [0, 0.05) is 4.57 Å². The van der Waals surface area contributed by atoms with Gasteiger partial charge in [-0.15, -0.1) is 0 Å². The molecule has 0 saturated heterocycles. The van der Waals surface area contributed by atoms with E-state index in [0.29, 0.717) is 0 Å². The van der Waals surface area contributed by atoms with Crippen LogP contribution in [0.15, 0.2) is 24.7 Å². The highest BCUT2D eigenvalue weighted by molar-refractivity contribution is 7.33. The molecule has 4 heteroatoms. The van der Waals surface area contributed by atoms with Gasteiger partial charge in [-0.05, 0) is 37.8 Å². The topological polar surface area (TPSA) is 35.5 Å². The van der Waals surface area contributed by atoms with Gasteiger partial charge >= 0.3 is 8.25 Å². The highest BCUT2D eigenvalue weighted by Crippen LogP contribution is 2.25. The maximum absolute atomic E-state index is 11.7. The maximum Gasteiger partial charge on any atom is 0.804 e. The Labute approximate surface area is 240 Å². The largest absolute Gasteiger partial charge is 0.804 e. The van der Waals surface area contributed by atoms with Crippen molar-refractivity contribution in [2.24, 2.45) is 0 Å². The normalized spacial score (nSPS) is 11.6. The minimum absolute atomic E-state index is 0.982. The van der Waals surface area contributed by atoms with E-state index in [9.17, 15) is 4.57 Å². The number of hydrogen-bond acceptors (Lipinski definition) is 3. The Balaban J connectivity index is 3.28. The van der Waals surface area contributed by atoms with Gasteiger partial charge in [-0.1, -0.05) is 168 Å². The molecule has 0 saturated carbocycles. The van der Waals surface area contributed by atoms with Crippen molar-refractivity contribution >= 4 is 8.25 Å². The summed E-state index contributed by atoms with van der Waals surface area (Å²) < 4.78 is 22.0. The molecule has 0 aliphatic heterocycles. The molecule has 0 aromatic carbocycles. The zero-order chi connectivity index (χ0) is 27.6. The lowest BCUT2D eigenvalue weighted by molar-refractivity contribution is 0.354. The summed E-state index contributed by atoms with van der Waals surface area (Å²) in [6.07, 6.45) is 44.6. The average Bonchev–Trinajstić information content (AvgIpc) is 2.92. The molecule has 0 amide bonds. The van der Waals surface area contributed by atoms with Gasteiger partial charge in [-0.25, -0.2) is 9.05 Å². The summed E-state index contributed by atoms with van der Waals surface area (Å²) in [5, 5.41) is 0. The molecular formula is C34H66O3P+. The molecule has 0 radical (unpaired) electrons. The molecule has 0 aromatic heterocycles. The van der Waals surface area contributed by atoms with Crippen LogP contribution in [0.25, 0.3) is 0 Å². The van der Waals surface area contributed by atoms with Gasteiger partial charge in [0.15, 0.2) is 12.5 Å². The van der Waals surface area contributed by atoms with Crippen LogP contribution in [0, 0.1) is 0 Å². The molecule has 0 fully saturated rings. The van der Waals surface area contributed by atoms with Crippen molar-refractivity contribution in [2.45, 2.75) is 194 Å². The third kappa shape index (κ3) is 33.2. The molecule has 224 valence electrons. The molecule has 0 N–H and O–H groups in total. The lowest BCUT2D eigenvalue weighted by Gasteiger charge is -2.02. The fourth-order valence-corrected chi connectivity index (χ4v) is 5.33. The van der Waals surface area contributed by atoms with Crippen molar-refractivity contribution in [1.29, 1.82) is 0 Å². The summed E-state index contributed by atoms with van der Waals surface area (Å²) in [4.78, 5) is 0. The molecule has 0 unspecified atom stereocenters. The summed E-state index contributed by atoms with van der Waals surface area (Å²) >= 11 is 0. The van der Waals surface area contributed by atoms with Crippen LogP contribution in [0.4, 0.5) is 0 Å². The first-order valence-electron chi connectivity index (χ1n) is 16.9. The Kier molecular flexibility index (Phi) is 33.5. The zero-order valence-electron chi connectivity index (χ0n) is 25.8. The first-order valence-corrected chi connectivity index (χ1v) is 18.0. The van der Waals surface area contributed by atoms with Crippen molar-refractivity contribution in [1.82, 2.24) is 0 Å². The fraction of sp³-hybridized carbons (Fsp3) is 0.882. The van der Waals surface area contributed by atoms with Gasteiger partial charge in [-0.2, -0.15) is 0 Å². The molecule has 0 spiro atoms. The molecular weight excluding hydrogens is 487 g/mol. The van der Waals surface area contributed by atoms with E-state index >= 15 is 0 Å². The standard InChI is InChI=1S/C34H66O3P/c1-3-5-7-9-11-13-15-17-19-21-23-25-27-29-31-33-36-38(35)37-34-32-30-28-26-24-22-20-18-16-14-12-10-8-6-4-2/h31-34H,3-30H2,1-2H3/q+1/b33-31+,34-32+. The first kappa shape index (κ1) is 37.2. The summed E-state index contributed by atoms with van der Waals surface area (Å²) in [6.45, 7) is 4.56. The minimum atomic E-state index is -2.09. The molecule has 0 heterocycles. The van der Waals surface area contributed by atoms with E-state index in [2.05, 4.69) is 13.8 Å². The predicted molar refractivity (Wildman–Crippen MR) is 169 cm³/mol. The van der Waals surface area contributed by atoms with E-state index in [4.69, 9.17) is 9.05 Å². The van der Waals surface area contributed by atoms with Crippen LogP contribution in [0.5, 0.6) is 0 Å². The Morgan fingerprint density at radius 3 is 0.895 bits per heavy atom. The highest BCUT2D eigenvalue weighted by atomic mass is 31.1. The van der Waals surface area contributed by atoms with Gasteiger partial charge in [0.05, 0.1) is 0 Å². The lowest BCUT2D eigenvalue weighted by Crippen LogP contribution is -1.83. The summed E-state index contributed by atoms with van der Waals surface area (Å²) in [5.74, 6) is 0. The number of allylic oxidation sites excluding steroid dienone is 2. The van der Waals surface area contributed by atoms with Crippen LogP contribution in [0.3, 0.4) is 0 Å². The van der Waals surface area contributed by atoms with Crippen LogP contribution in [-0.2, 0) is 13.6 Å². The number of hydrogen-bond donors (Lipinski definition) is 0. The van der Waals surface area contributed by atoms with E-state index in [1.807, 2.05) is 12.2 Å². The van der Waals surface area contributed by atoms with Crippen molar-refractivity contribution in [2.75, 3.05) is 0 Å². The van der Waals surface area contributed by atoms with Gasteiger partial charge in [-0.3, -0.25) is 0 Å². The van der Waals surface area contributed by atoms with Crippen LogP contribution in [0.2, 0.25) is 0 Å². The van der Waals surface area contributed by atoms with Gasteiger partial charge in [0.25, 0.3) is 0 Å². The minimum Gasteiger partial charge on any atom is -0.231 e. The van der Waals surface area contributed by atoms with Crippen LogP contribution >= 0.6 is 8.25 Å². The molecule has 38 heavy (non-hydrogen) atoms. The Morgan fingerprint density at radius 1 is 0.395 bits per heavy atom. The Hall–Kier alpha value is -0.820. The van der Waals surface area contributed by atoms with Crippen LogP contribution in [0.1, 0.15) is 194 Å². The van der Waals surface area contributed by atoms with Crippen molar-refractivity contribution in [3.63, 3.8) is 0 Å². The zero-order valence-corrected chi connectivity index (χ0v) is 26.7. The predicted octanol–water partition coefficient (Wildman–Crippen LogP) is 13.7. The quantitative estimate of drug-likeness (QED) is 0.0472. The van der Waals surface area contributed by atoms with Crippen molar-refractivity contribution < 1.29 is 13.6 Å². The Morgan fingerprint density at radius 2 is 0.632 bits per heavy atom. The van der Waals surface area contributed by atoms with Gasteiger partial charge in [0.1, 0.15) is 0 Å². The molecule has 0 aliphatic rings. The van der Waals surface area contributed by atoms with Gasteiger partial charge < -0.3 is 0 Å². The second-order valence-electron chi connectivity index (χ2n) is 11.2. The lowest BCUT2D eigenvalue weighted by atomic mass is 10.0.